The number of piperazine rings is 1. The van der Waals surface area contributed by atoms with Crippen molar-refractivity contribution in [3.63, 3.8) is 0 Å². The van der Waals surface area contributed by atoms with Crippen molar-refractivity contribution >= 4 is 23.5 Å². The van der Waals surface area contributed by atoms with Gasteiger partial charge in [0.25, 0.3) is 0 Å². The number of carboxylic acid groups (broad SMARTS) is 1. The maximum atomic E-state index is 11.5. The Kier molecular flexibility index (Phi) is 8.06. The Morgan fingerprint density at radius 3 is 2.56 bits per heavy atom. The van der Waals surface area contributed by atoms with E-state index in [1.807, 2.05) is 17.9 Å². The fourth-order valence-electron chi connectivity index (χ4n) is 2.81. The highest BCUT2D eigenvalue weighted by molar-refractivity contribution is 5.96. The van der Waals surface area contributed by atoms with Gasteiger partial charge in [0, 0.05) is 58.5 Å². The molecule has 1 aliphatic rings. The van der Waals surface area contributed by atoms with Gasteiger partial charge in [0.2, 0.25) is 5.91 Å². The van der Waals surface area contributed by atoms with Gasteiger partial charge in [-0.2, -0.15) is 0 Å². The van der Waals surface area contributed by atoms with E-state index in [0.717, 1.165) is 6.42 Å². The average molecular weight is 376 g/mol. The molecule has 0 unspecified atom stereocenters. The van der Waals surface area contributed by atoms with Gasteiger partial charge >= 0.3 is 5.97 Å². The summed E-state index contributed by atoms with van der Waals surface area (Å²) in [6.07, 6.45) is 0.807. The number of carbonyl (C=O) groups is 2. The minimum atomic E-state index is -0.969. The van der Waals surface area contributed by atoms with Gasteiger partial charge in [-0.3, -0.25) is 9.79 Å². The summed E-state index contributed by atoms with van der Waals surface area (Å²) in [5, 5.41) is 12.4. The van der Waals surface area contributed by atoms with E-state index in [0.29, 0.717) is 57.6 Å². The van der Waals surface area contributed by atoms with Gasteiger partial charge in [-0.1, -0.05) is 6.07 Å². The molecule has 1 saturated heterocycles. The highest BCUT2D eigenvalue weighted by atomic mass is 16.5. The van der Waals surface area contributed by atoms with E-state index in [-0.39, 0.29) is 11.5 Å². The Labute approximate surface area is 159 Å². The third-order valence-electron chi connectivity index (χ3n) is 4.30. The standard InChI is InChI=1S/C19H28N4O4/c1-3-27-13-5-8-20-19(23-11-9-22(10-12-23)15(2)24)21-17-7-4-6-16(14-17)18(25)26/h4,6-7,14H,3,5,8-13H2,1-2H3,(H,20,21)(H,25,26). The molecule has 148 valence electrons. The van der Waals surface area contributed by atoms with E-state index >= 15 is 0 Å². The topological polar surface area (TPSA) is 94.5 Å². The summed E-state index contributed by atoms with van der Waals surface area (Å²) in [5.41, 5.74) is 0.893. The quantitative estimate of drug-likeness (QED) is 0.428. The van der Waals surface area contributed by atoms with Crippen LogP contribution in [0.15, 0.2) is 29.3 Å². The van der Waals surface area contributed by atoms with Crippen LogP contribution in [0.5, 0.6) is 0 Å². The van der Waals surface area contributed by atoms with Crippen molar-refractivity contribution in [1.82, 2.24) is 9.80 Å². The van der Waals surface area contributed by atoms with Gasteiger partial charge < -0.3 is 25.0 Å². The van der Waals surface area contributed by atoms with Crippen molar-refractivity contribution in [2.45, 2.75) is 20.3 Å². The predicted molar refractivity (Wildman–Crippen MR) is 104 cm³/mol. The highest BCUT2D eigenvalue weighted by Gasteiger charge is 2.21. The zero-order chi connectivity index (χ0) is 19.6. The van der Waals surface area contributed by atoms with Gasteiger partial charge in [0.1, 0.15) is 0 Å². The fraction of sp³-hybridized carbons (Fsp3) is 0.526. The lowest BCUT2D eigenvalue weighted by Crippen LogP contribution is -2.51. The van der Waals surface area contributed by atoms with Crippen LogP contribution in [-0.4, -0.2) is 78.7 Å². The van der Waals surface area contributed by atoms with Crippen LogP contribution in [-0.2, 0) is 9.53 Å². The van der Waals surface area contributed by atoms with E-state index in [1.165, 1.54) is 0 Å². The van der Waals surface area contributed by atoms with Crippen molar-refractivity contribution in [3.8, 4) is 0 Å². The van der Waals surface area contributed by atoms with Gasteiger partial charge in [0.15, 0.2) is 5.96 Å². The molecule has 1 fully saturated rings. The molecule has 2 rings (SSSR count). The number of hydrogen-bond acceptors (Lipinski definition) is 4. The molecule has 0 radical (unpaired) electrons. The largest absolute Gasteiger partial charge is 0.478 e. The lowest BCUT2D eigenvalue weighted by atomic mass is 10.2. The molecule has 1 heterocycles. The van der Waals surface area contributed by atoms with E-state index < -0.39 is 5.97 Å². The monoisotopic (exact) mass is 376 g/mol. The number of nitrogens with zero attached hydrogens (tertiary/aromatic N) is 3. The van der Waals surface area contributed by atoms with Crippen molar-refractivity contribution in [2.24, 2.45) is 4.99 Å². The number of nitrogens with one attached hydrogen (secondary N) is 1. The summed E-state index contributed by atoms with van der Waals surface area (Å²) in [7, 11) is 0. The van der Waals surface area contributed by atoms with Crippen LogP contribution >= 0.6 is 0 Å². The summed E-state index contributed by atoms with van der Waals surface area (Å²) < 4.78 is 5.35. The molecular formula is C19H28N4O4. The van der Waals surface area contributed by atoms with Crippen molar-refractivity contribution < 1.29 is 19.4 Å². The number of aliphatic imine (C=N–C) groups is 1. The third-order valence-corrected chi connectivity index (χ3v) is 4.30. The van der Waals surface area contributed by atoms with Crippen LogP contribution < -0.4 is 5.32 Å². The molecule has 0 saturated carbocycles. The number of carbonyl (C=O) groups excluding carboxylic acids is 1. The molecule has 1 aromatic rings. The SMILES string of the molecule is CCOCCCN=C(Nc1cccc(C(=O)O)c1)N1CCN(C(C)=O)CC1. The second-order valence-electron chi connectivity index (χ2n) is 6.26. The zero-order valence-corrected chi connectivity index (χ0v) is 16.0. The summed E-state index contributed by atoms with van der Waals surface area (Å²) in [6, 6.07) is 6.65. The van der Waals surface area contributed by atoms with Crippen LogP contribution in [0.25, 0.3) is 0 Å². The van der Waals surface area contributed by atoms with Crippen molar-refractivity contribution in [2.75, 3.05) is 51.3 Å². The highest BCUT2D eigenvalue weighted by Crippen LogP contribution is 2.13. The zero-order valence-electron chi connectivity index (χ0n) is 16.0. The van der Waals surface area contributed by atoms with E-state index in [9.17, 15) is 14.7 Å². The first kappa shape index (κ1) is 20.7. The Bertz CT molecular complexity index is 669. The number of rotatable bonds is 7. The van der Waals surface area contributed by atoms with Crippen molar-refractivity contribution in [3.05, 3.63) is 29.8 Å². The first-order valence-electron chi connectivity index (χ1n) is 9.24. The second kappa shape index (κ2) is 10.5. The molecule has 1 amide bonds. The molecule has 0 bridgehead atoms. The summed E-state index contributed by atoms with van der Waals surface area (Å²) in [5.74, 6) is -0.201. The molecule has 2 N–H and O–H groups in total. The second-order valence-corrected chi connectivity index (χ2v) is 6.26. The first-order chi connectivity index (χ1) is 13.0. The molecule has 1 aromatic carbocycles. The van der Waals surface area contributed by atoms with E-state index in [1.54, 1.807) is 25.1 Å². The van der Waals surface area contributed by atoms with Crippen LogP contribution in [0.1, 0.15) is 30.6 Å². The molecule has 1 aliphatic heterocycles. The van der Waals surface area contributed by atoms with E-state index in [2.05, 4.69) is 15.2 Å². The first-order valence-corrected chi connectivity index (χ1v) is 9.24. The number of benzene rings is 1. The average Bonchev–Trinajstić information content (AvgIpc) is 2.67. The molecule has 0 spiro atoms. The number of carboxylic acids is 1. The fourth-order valence-corrected chi connectivity index (χ4v) is 2.81. The lowest BCUT2D eigenvalue weighted by molar-refractivity contribution is -0.130. The number of ether oxygens (including phenoxy) is 1. The summed E-state index contributed by atoms with van der Waals surface area (Å²) in [6.45, 7) is 8.12. The number of hydrogen-bond donors (Lipinski definition) is 2. The van der Waals surface area contributed by atoms with Gasteiger partial charge in [0.05, 0.1) is 5.56 Å². The molecule has 27 heavy (non-hydrogen) atoms. The van der Waals surface area contributed by atoms with Gasteiger partial charge in [-0.15, -0.1) is 0 Å². The number of guanidine groups is 1. The van der Waals surface area contributed by atoms with Crippen LogP contribution in [0, 0.1) is 0 Å². The van der Waals surface area contributed by atoms with Gasteiger partial charge in [-0.25, -0.2) is 4.79 Å². The third kappa shape index (κ3) is 6.56. The molecule has 8 nitrogen and oxygen atoms in total. The normalized spacial score (nSPS) is 15.0. The number of anilines is 1. The Balaban J connectivity index is 2.07. The molecule has 0 aliphatic carbocycles. The maximum absolute atomic E-state index is 11.5. The lowest BCUT2D eigenvalue weighted by Gasteiger charge is -2.36. The van der Waals surface area contributed by atoms with Crippen molar-refractivity contribution in [1.29, 1.82) is 0 Å². The summed E-state index contributed by atoms with van der Waals surface area (Å²) >= 11 is 0. The molecule has 0 atom stereocenters. The van der Waals surface area contributed by atoms with Crippen LogP contribution in [0.3, 0.4) is 0 Å². The summed E-state index contributed by atoms with van der Waals surface area (Å²) in [4.78, 5) is 31.3. The smallest absolute Gasteiger partial charge is 0.335 e. The minimum absolute atomic E-state index is 0.0759. The Morgan fingerprint density at radius 2 is 1.93 bits per heavy atom. The Hall–Kier alpha value is -2.61. The number of aromatic carboxylic acids is 1. The van der Waals surface area contributed by atoms with E-state index in [4.69, 9.17) is 4.74 Å². The van der Waals surface area contributed by atoms with Crippen LogP contribution in [0.2, 0.25) is 0 Å². The molecular weight excluding hydrogens is 348 g/mol. The molecule has 0 aromatic heterocycles. The van der Waals surface area contributed by atoms with Crippen LogP contribution in [0.4, 0.5) is 5.69 Å². The predicted octanol–water partition coefficient (Wildman–Crippen LogP) is 1.74. The molecule has 8 heteroatoms. The maximum Gasteiger partial charge on any atom is 0.335 e. The number of amides is 1. The van der Waals surface area contributed by atoms with Gasteiger partial charge in [-0.05, 0) is 31.5 Å². The minimum Gasteiger partial charge on any atom is -0.478 e. The Morgan fingerprint density at radius 1 is 1.22 bits per heavy atom.